The number of hydrogen-bond donors (Lipinski definition) is 1. The fourth-order valence-corrected chi connectivity index (χ4v) is 1.73. The lowest BCUT2D eigenvalue weighted by atomic mass is 10.1. The summed E-state index contributed by atoms with van der Waals surface area (Å²) in [6, 6.07) is 4.99. The van der Waals surface area contributed by atoms with Crippen molar-refractivity contribution in [2.45, 2.75) is 19.0 Å². The summed E-state index contributed by atoms with van der Waals surface area (Å²) in [5.74, 6) is -0.435. The molecule has 0 radical (unpaired) electrons. The van der Waals surface area contributed by atoms with Crippen molar-refractivity contribution >= 4 is 5.78 Å². The monoisotopic (exact) mass is 259 g/mol. The van der Waals surface area contributed by atoms with Crippen LogP contribution in [0.5, 0.6) is 0 Å². The molecule has 2 rings (SSSR count). The van der Waals surface area contributed by atoms with Crippen molar-refractivity contribution in [3.63, 3.8) is 0 Å². The van der Waals surface area contributed by atoms with E-state index in [1.54, 1.807) is 13.0 Å². The molecule has 0 heterocycles. The second-order valence-corrected chi connectivity index (χ2v) is 4.29. The normalized spacial score (nSPS) is 22.2. The minimum atomic E-state index is -4.34. The summed E-state index contributed by atoms with van der Waals surface area (Å²) in [6.07, 6.45) is -4.34. The van der Waals surface area contributed by atoms with Gasteiger partial charge in [0, 0.05) is 5.92 Å². The van der Waals surface area contributed by atoms with Gasteiger partial charge < -0.3 is 5.32 Å². The predicted octanol–water partition coefficient (Wildman–Crippen LogP) is 2.84. The first-order chi connectivity index (χ1) is 8.32. The van der Waals surface area contributed by atoms with E-state index in [2.05, 4.69) is 5.32 Å². The number of carbonyl (C=O) groups is 1. The number of halogens is 3. The Morgan fingerprint density at radius 3 is 2.11 bits per heavy atom. The van der Waals surface area contributed by atoms with Crippen LogP contribution in [0.25, 0.3) is 0 Å². The van der Waals surface area contributed by atoms with Crippen LogP contribution in [-0.2, 0) is 11.0 Å². The molecule has 0 aliphatic heterocycles. The van der Waals surface area contributed by atoms with E-state index in [4.69, 9.17) is 0 Å². The topological polar surface area (TPSA) is 29.1 Å². The van der Waals surface area contributed by atoms with Crippen molar-refractivity contribution in [2.75, 3.05) is 14.1 Å². The fraction of sp³-hybridized carbons (Fsp3) is 0.462. The zero-order valence-corrected chi connectivity index (χ0v) is 10.5. The predicted molar refractivity (Wildman–Crippen MR) is 63.3 cm³/mol. The molecule has 0 aromatic heterocycles. The number of rotatable bonds is 1. The summed E-state index contributed by atoms with van der Waals surface area (Å²) < 4.78 is 37.1. The van der Waals surface area contributed by atoms with Gasteiger partial charge in [0.2, 0.25) is 0 Å². The van der Waals surface area contributed by atoms with E-state index in [0.717, 1.165) is 12.1 Å². The molecule has 1 aliphatic rings. The van der Waals surface area contributed by atoms with E-state index >= 15 is 0 Å². The Morgan fingerprint density at radius 2 is 1.72 bits per heavy atom. The Labute approximate surface area is 104 Å². The molecule has 0 saturated heterocycles. The lowest BCUT2D eigenvalue weighted by Gasteiger charge is -2.07. The van der Waals surface area contributed by atoms with Gasteiger partial charge in [-0.05, 0) is 25.7 Å². The molecule has 1 fully saturated rings. The molecule has 0 amide bonds. The first kappa shape index (κ1) is 14.7. The molecule has 1 N–H and O–H groups in total. The second kappa shape index (κ2) is 5.52. The number of ketones is 1. The van der Waals surface area contributed by atoms with Crippen LogP contribution in [0.15, 0.2) is 24.3 Å². The van der Waals surface area contributed by atoms with Gasteiger partial charge in [-0.15, -0.1) is 0 Å². The molecule has 1 aliphatic carbocycles. The fourth-order valence-electron chi connectivity index (χ4n) is 1.73. The Hall–Kier alpha value is -1.36. The average molecular weight is 259 g/mol. The summed E-state index contributed by atoms with van der Waals surface area (Å²) in [7, 11) is 3.75. The van der Waals surface area contributed by atoms with Crippen molar-refractivity contribution in [3.8, 4) is 0 Å². The average Bonchev–Trinajstić information content (AvgIpc) is 2.87. The molecule has 0 bridgehead atoms. The molecule has 2 atom stereocenters. The largest absolute Gasteiger partial charge is 0.416 e. The summed E-state index contributed by atoms with van der Waals surface area (Å²) in [5, 5.41) is 2.75. The third-order valence-electron chi connectivity index (χ3n) is 2.72. The van der Waals surface area contributed by atoms with E-state index in [1.807, 2.05) is 14.1 Å². The van der Waals surface area contributed by atoms with Crippen LogP contribution in [-0.4, -0.2) is 19.9 Å². The van der Waals surface area contributed by atoms with Gasteiger partial charge >= 0.3 is 6.18 Å². The van der Waals surface area contributed by atoms with Gasteiger partial charge in [0.15, 0.2) is 0 Å². The zero-order valence-electron chi connectivity index (χ0n) is 10.5. The summed E-state index contributed by atoms with van der Waals surface area (Å²) >= 11 is 0. The molecule has 18 heavy (non-hydrogen) atoms. The van der Waals surface area contributed by atoms with E-state index in [1.165, 1.54) is 6.07 Å². The molecule has 1 aromatic rings. The smallest absolute Gasteiger partial charge is 0.323 e. The first-order valence-corrected chi connectivity index (χ1v) is 5.62. The molecule has 1 aromatic carbocycles. The summed E-state index contributed by atoms with van der Waals surface area (Å²) in [5.41, 5.74) is -0.214. The first-order valence-electron chi connectivity index (χ1n) is 5.62. The summed E-state index contributed by atoms with van der Waals surface area (Å²) in [4.78, 5) is 11.1. The van der Waals surface area contributed by atoms with Gasteiger partial charge in [-0.25, -0.2) is 0 Å². The number of alkyl halides is 3. The maximum Gasteiger partial charge on any atom is 0.416 e. The number of nitrogens with one attached hydrogen (secondary N) is 1. The standard InChI is InChI=1S/C11H9F3O.C2H7N/c1-6-9(10(6)15)7-3-2-4-8(5-7)11(12,13)14;1-3-2/h2-6,9H,1H3;3H,1-2H3. The van der Waals surface area contributed by atoms with Gasteiger partial charge in [-0.2, -0.15) is 13.2 Å². The molecular formula is C13H16F3NO. The zero-order chi connectivity index (χ0) is 13.9. The number of carbonyl (C=O) groups excluding carboxylic acids is 1. The lowest BCUT2D eigenvalue weighted by Crippen LogP contribution is -2.05. The quantitative estimate of drug-likeness (QED) is 0.840. The SMILES string of the molecule is CC1C(=O)C1c1cccc(C(F)(F)F)c1.CNC. The van der Waals surface area contributed by atoms with Crippen LogP contribution >= 0.6 is 0 Å². The molecular weight excluding hydrogens is 243 g/mol. The lowest BCUT2D eigenvalue weighted by molar-refractivity contribution is -0.137. The number of Topliss-reactive ketones (excluding diaryl/α,β-unsaturated/α-hetero) is 1. The van der Waals surface area contributed by atoms with Crippen LogP contribution in [0.4, 0.5) is 13.2 Å². The van der Waals surface area contributed by atoms with E-state index in [-0.39, 0.29) is 17.6 Å². The van der Waals surface area contributed by atoms with Crippen LogP contribution in [0.2, 0.25) is 0 Å². The Morgan fingerprint density at radius 1 is 1.22 bits per heavy atom. The molecule has 100 valence electrons. The van der Waals surface area contributed by atoms with Crippen LogP contribution in [0.3, 0.4) is 0 Å². The highest BCUT2D eigenvalue weighted by Gasteiger charge is 2.46. The van der Waals surface area contributed by atoms with Gasteiger partial charge in [0.1, 0.15) is 5.78 Å². The van der Waals surface area contributed by atoms with E-state index < -0.39 is 11.7 Å². The number of benzene rings is 1. The molecule has 1 saturated carbocycles. The van der Waals surface area contributed by atoms with Crippen molar-refractivity contribution < 1.29 is 18.0 Å². The van der Waals surface area contributed by atoms with Crippen LogP contribution in [0, 0.1) is 5.92 Å². The third kappa shape index (κ3) is 3.32. The van der Waals surface area contributed by atoms with Gasteiger partial charge in [-0.1, -0.05) is 25.1 Å². The van der Waals surface area contributed by atoms with Gasteiger partial charge in [0.25, 0.3) is 0 Å². The molecule has 0 spiro atoms. The Bertz CT molecular complexity index is 428. The second-order valence-electron chi connectivity index (χ2n) is 4.29. The molecule has 2 unspecified atom stereocenters. The van der Waals surface area contributed by atoms with E-state index in [9.17, 15) is 18.0 Å². The molecule has 5 heteroatoms. The van der Waals surface area contributed by atoms with Crippen molar-refractivity contribution in [1.29, 1.82) is 0 Å². The molecule has 2 nitrogen and oxygen atoms in total. The van der Waals surface area contributed by atoms with Crippen LogP contribution in [0.1, 0.15) is 24.0 Å². The summed E-state index contributed by atoms with van der Waals surface area (Å²) in [6.45, 7) is 1.73. The maximum absolute atomic E-state index is 12.4. The third-order valence-corrected chi connectivity index (χ3v) is 2.72. The highest BCUT2D eigenvalue weighted by molar-refractivity contribution is 6.04. The Kier molecular flexibility index (Phi) is 4.51. The van der Waals surface area contributed by atoms with Gasteiger partial charge in [0.05, 0.1) is 11.5 Å². The van der Waals surface area contributed by atoms with Gasteiger partial charge in [-0.3, -0.25) is 4.79 Å². The van der Waals surface area contributed by atoms with Crippen molar-refractivity contribution in [2.24, 2.45) is 5.92 Å². The van der Waals surface area contributed by atoms with Crippen molar-refractivity contribution in [3.05, 3.63) is 35.4 Å². The Balaban J connectivity index is 0.000000492. The minimum Gasteiger partial charge on any atom is -0.323 e. The maximum atomic E-state index is 12.4. The van der Waals surface area contributed by atoms with Crippen molar-refractivity contribution in [1.82, 2.24) is 5.32 Å². The van der Waals surface area contributed by atoms with Crippen LogP contribution < -0.4 is 5.32 Å². The van der Waals surface area contributed by atoms with E-state index in [0.29, 0.717) is 5.56 Å². The highest BCUT2D eigenvalue weighted by Crippen LogP contribution is 2.43. The number of hydrogen-bond acceptors (Lipinski definition) is 2. The highest BCUT2D eigenvalue weighted by atomic mass is 19.4. The minimum absolute atomic E-state index is 0.0225.